The summed E-state index contributed by atoms with van der Waals surface area (Å²) in [5.74, 6) is 1.11. The van der Waals surface area contributed by atoms with Crippen LogP contribution in [0.3, 0.4) is 0 Å². The molecule has 2 unspecified atom stereocenters. The first-order valence-corrected chi connectivity index (χ1v) is 9.74. The summed E-state index contributed by atoms with van der Waals surface area (Å²) < 4.78 is 1.86. The first-order valence-electron chi connectivity index (χ1n) is 9.74. The van der Waals surface area contributed by atoms with Gasteiger partial charge in [-0.2, -0.15) is 5.10 Å². The molecule has 1 aromatic carbocycles. The summed E-state index contributed by atoms with van der Waals surface area (Å²) in [6, 6.07) is 10.2. The molecule has 0 radical (unpaired) electrons. The van der Waals surface area contributed by atoms with Crippen LogP contribution in [0.1, 0.15) is 26.7 Å². The number of allylic oxidation sites excluding steroid dienone is 2. The maximum atomic E-state index is 4.72. The van der Waals surface area contributed by atoms with Crippen LogP contribution in [0.2, 0.25) is 0 Å². The number of anilines is 1. The topological polar surface area (TPSA) is 45.5 Å². The normalized spacial score (nSPS) is 21.3. The number of fused-ring (bicyclic) bond motifs is 1. The molecule has 4 rings (SSSR count). The van der Waals surface area contributed by atoms with E-state index < -0.39 is 0 Å². The zero-order valence-electron chi connectivity index (χ0n) is 16.0. The number of aromatic nitrogens is 2. The minimum absolute atomic E-state index is 0.0279. The first-order chi connectivity index (χ1) is 13.2. The highest BCUT2D eigenvalue weighted by Gasteiger charge is 2.24. The molecule has 0 saturated heterocycles. The lowest BCUT2D eigenvalue weighted by Gasteiger charge is -2.35. The maximum absolute atomic E-state index is 4.72. The van der Waals surface area contributed by atoms with E-state index in [9.17, 15) is 0 Å². The van der Waals surface area contributed by atoms with Gasteiger partial charge in [0.1, 0.15) is 6.17 Å². The van der Waals surface area contributed by atoms with Crippen molar-refractivity contribution in [1.29, 1.82) is 0 Å². The Balaban J connectivity index is 1.45. The largest absolute Gasteiger partial charge is 0.361 e. The van der Waals surface area contributed by atoms with E-state index in [2.05, 4.69) is 78.0 Å². The lowest BCUT2D eigenvalue weighted by Crippen LogP contribution is -2.33. The monoisotopic (exact) mass is 361 g/mol. The summed E-state index contributed by atoms with van der Waals surface area (Å²) in [7, 11) is 0. The van der Waals surface area contributed by atoms with Crippen molar-refractivity contribution in [2.45, 2.75) is 32.9 Å². The molecule has 2 aromatic rings. The van der Waals surface area contributed by atoms with Crippen molar-refractivity contribution in [2.24, 2.45) is 16.8 Å². The van der Waals surface area contributed by atoms with Gasteiger partial charge in [-0.25, -0.2) is 4.68 Å². The molecule has 0 amide bonds. The van der Waals surface area contributed by atoms with Crippen molar-refractivity contribution < 1.29 is 0 Å². The Hall–Kier alpha value is -2.82. The van der Waals surface area contributed by atoms with Gasteiger partial charge in [0, 0.05) is 42.5 Å². The lowest BCUT2D eigenvalue weighted by atomic mass is 9.95. The van der Waals surface area contributed by atoms with Crippen molar-refractivity contribution in [1.82, 2.24) is 14.7 Å². The van der Waals surface area contributed by atoms with Gasteiger partial charge in [-0.1, -0.05) is 19.9 Å². The molecule has 1 N–H and O–H groups in total. The summed E-state index contributed by atoms with van der Waals surface area (Å²) >= 11 is 0. The van der Waals surface area contributed by atoms with Gasteiger partial charge >= 0.3 is 0 Å². The fourth-order valence-corrected chi connectivity index (χ4v) is 3.50. The molecule has 5 heteroatoms. The second-order valence-corrected chi connectivity index (χ2v) is 7.58. The van der Waals surface area contributed by atoms with E-state index in [4.69, 9.17) is 4.99 Å². The van der Waals surface area contributed by atoms with Gasteiger partial charge in [0.25, 0.3) is 0 Å². The fraction of sp³-hybridized carbons (Fsp3) is 0.364. The Bertz CT molecular complexity index is 830. The van der Waals surface area contributed by atoms with Gasteiger partial charge in [-0.3, -0.25) is 4.99 Å². The smallest absolute Gasteiger partial charge is 0.139 e. The molecule has 3 heterocycles. The molecule has 0 aliphatic carbocycles. The minimum atomic E-state index is -0.0279. The summed E-state index contributed by atoms with van der Waals surface area (Å²) in [5, 5.41) is 7.78. The van der Waals surface area contributed by atoms with Crippen LogP contribution in [-0.4, -0.2) is 33.6 Å². The van der Waals surface area contributed by atoms with Gasteiger partial charge in [-0.05, 0) is 61.4 Å². The van der Waals surface area contributed by atoms with Gasteiger partial charge < -0.3 is 10.2 Å². The summed E-state index contributed by atoms with van der Waals surface area (Å²) in [6.45, 7) is 5.62. The van der Waals surface area contributed by atoms with Crippen LogP contribution >= 0.6 is 0 Å². The Morgan fingerprint density at radius 1 is 1.22 bits per heavy atom. The van der Waals surface area contributed by atoms with Crippen LogP contribution in [0.5, 0.6) is 0 Å². The predicted molar refractivity (Wildman–Crippen MR) is 111 cm³/mol. The first kappa shape index (κ1) is 17.6. The lowest BCUT2D eigenvalue weighted by molar-refractivity contribution is 0.369. The van der Waals surface area contributed by atoms with Crippen LogP contribution in [-0.2, 0) is 0 Å². The molecule has 140 valence electrons. The molecule has 0 spiro atoms. The van der Waals surface area contributed by atoms with Gasteiger partial charge in [0.05, 0.1) is 5.69 Å². The second-order valence-electron chi connectivity index (χ2n) is 7.58. The van der Waals surface area contributed by atoms with Crippen LogP contribution < -0.4 is 5.32 Å². The third kappa shape index (κ3) is 4.13. The summed E-state index contributed by atoms with van der Waals surface area (Å²) in [4.78, 5) is 7.12. The highest BCUT2D eigenvalue weighted by molar-refractivity contribution is 5.69. The van der Waals surface area contributed by atoms with Crippen LogP contribution in [0.25, 0.3) is 5.69 Å². The van der Waals surface area contributed by atoms with Crippen molar-refractivity contribution in [3.63, 3.8) is 0 Å². The number of nitrogens with one attached hydrogen (secondary N) is 1. The molecule has 27 heavy (non-hydrogen) atoms. The average Bonchev–Trinajstić information content (AvgIpc) is 3.21. The Morgan fingerprint density at radius 2 is 2.07 bits per heavy atom. The van der Waals surface area contributed by atoms with E-state index in [-0.39, 0.29) is 6.17 Å². The third-order valence-corrected chi connectivity index (χ3v) is 5.04. The number of aliphatic imine (C=N–C) groups is 1. The van der Waals surface area contributed by atoms with E-state index >= 15 is 0 Å². The maximum Gasteiger partial charge on any atom is 0.139 e. The molecule has 0 saturated carbocycles. The van der Waals surface area contributed by atoms with E-state index in [0.29, 0.717) is 11.8 Å². The number of dihydropyridines is 1. The Kier molecular flexibility index (Phi) is 5.10. The highest BCUT2D eigenvalue weighted by atomic mass is 15.3. The van der Waals surface area contributed by atoms with Crippen LogP contribution in [0.4, 0.5) is 5.69 Å². The predicted octanol–water partition coefficient (Wildman–Crippen LogP) is 4.46. The third-order valence-electron chi connectivity index (χ3n) is 5.04. The quantitative estimate of drug-likeness (QED) is 0.826. The molecule has 2 aliphatic rings. The van der Waals surface area contributed by atoms with E-state index in [1.165, 1.54) is 12.1 Å². The molecule has 0 bridgehead atoms. The van der Waals surface area contributed by atoms with E-state index in [1.807, 2.05) is 16.9 Å². The molecule has 2 aliphatic heterocycles. The zero-order chi connectivity index (χ0) is 18.6. The van der Waals surface area contributed by atoms with Gasteiger partial charge in [-0.15, -0.1) is 0 Å². The van der Waals surface area contributed by atoms with Crippen molar-refractivity contribution in [3.8, 4) is 5.69 Å². The number of hydrogen-bond acceptors (Lipinski definition) is 4. The van der Waals surface area contributed by atoms with Crippen molar-refractivity contribution >= 4 is 11.9 Å². The molecular weight excluding hydrogens is 334 g/mol. The van der Waals surface area contributed by atoms with Crippen LogP contribution in [0.15, 0.2) is 71.8 Å². The zero-order valence-corrected chi connectivity index (χ0v) is 16.0. The highest BCUT2D eigenvalue weighted by Crippen LogP contribution is 2.29. The summed E-state index contributed by atoms with van der Waals surface area (Å²) in [6.07, 6.45) is 14.8. The Labute approximate surface area is 161 Å². The fourth-order valence-electron chi connectivity index (χ4n) is 3.50. The molecule has 5 nitrogen and oxygen atoms in total. The second kappa shape index (κ2) is 7.82. The van der Waals surface area contributed by atoms with Gasteiger partial charge in [0.2, 0.25) is 0 Å². The standard InChI is InChI=1S/C22H27N5/c1-17(2)10-14-26-12-3-5-18-16-23-22(15-21(18)26)25-19-6-8-20(9-7-19)27-13-4-11-24-27/h3-4,6-9,11-13,15-18,22,25H,5,10,14H2,1-2H3. The van der Waals surface area contributed by atoms with Crippen molar-refractivity contribution in [2.75, 3.05) is 11.9 Å². The number of benzene rings is 1. The van der Waals surface area contributed by atoms with Gasteiger partial charge in [0.15, 0.2) is 0 Å². The molecule has 2 atom stereocenters. The molecule has 0 fully saturated rings. The summed E-state index contributed by atoms with van der Waals surface area (Å²) in [5.41, 5.74) is 3.48. The SMILES string of the molecule is CC(C)CCN1C=CCC2C=NC(Nc3ccc(-n4cccn4)cc3)C=C21. The number of rotatable bonds is 6. The Morgan fingerprint density at radius 3 is 2.81 bits per heavy atom. The average molecular weight is 361 g/mol. The van der Waals surface area contributed by atoms with E-state index in [1.54, 1.807) is 6.20 Å². The van der Waals surface area contributed by atoms with E-state index in [0.717, 1.165) is 24.3 Å². The van der Waals surface area contributed by atoms with Crippen LogP contribution in [0, 0.1) is 11.8 Å². The van der Waals surface area contributed by atoms with Crippen molar-refractivity contribution in [3.05, 3.63) is 66.8 Å². The molecule has 1 aromatic heterocycles. The number of nitrogens with zero attached hydrogens (tertiary/aromatic N) is 4. The molecular formula is C22H27N5. The number of hydrogen-bond donors (Lipinski definition) is 1. The minimum Gasteiger partial charge on any atom is -0.361 e.